The number of hydrazine groups is 1. The van der Waals surface area contributed by atoms with Gasteiger partial charge in [-0.15, -0.1) is 0 Å². The lowest BCUT2D eigenvalue weighted by Crippen LogP contribution is -2.41. The van der Waals surface area contributed by atoms with Gasteiger partial charge in [-0.1, -0.05) is 29.3 Å². The topological polar surface area (TPSA) is 127 Å². The summed E-state index contributed by atoms with van der Waals surface area (Å²) in [5.74, 6) is -0.414. The highest BCUT2D eigenvalue weighted by Gasteiger charge is 2.14. The fourth-order valence-corrected chi connectivity index (χ4v) is 2.98. The number of aromatic nitrogens is 1. The molecule has 2 N–H and O–H groups in total. The van der Waals surface area contributed by atoms with Crippen molar-refractivity contribution >= 4 is 40.7 Å². The lowest BCUT2D eigenvalue weighted by atomic mass is 10.2. The third-order valence-electron chi connectivity index (χ3n) is 3.95. The van der Waals surface area contributed by atoms with Crippen molar-refractivity contribution in [2.24, 2.45) is 0 Å². The predicted molar refractivity (Wildman–Crippen MR) is 109 cm³/mol. The fourth-order valence-electron chi connectivity index (χ4n) is 2.48. The molecule has 2 aromatic carbocycles. The van der Waals surface area contributed by atoms with Gasteiger partial charge in [0.05, 0.1) is 16.1 Å². The molecule has 2 amide bonds. The van der Waals surface area contributed by atoms with Crippen molar-refractivity contribution < 1.29 is 18.9 Å². The lowest BCUT2D eigenvalue weighted by molar-refractivity contribution is -0.384. The highest BCUT2D eigenvalue weighted by Crippen LogP contribution is 2.30. The minimum absolute atomic E-state index is 0.0104. The van der Waals surface area contributed by atoms with E-state index in [4.69, 9.17) is 27.6 Å². The second-order valence-corrected chi connectivity index (χ2v) is 6.90. The number of non-ortho nitro benzene ring substituents is 1. The number of carbonyl (C=O) groups excluding carboxylic acids is 2. The van der Waals surface area contributed by atoms with Gasteiger partial charge in [0, 0.05) is 41.1 Å². The molecule has 0 fully saturated rings. The van der Waals surface area contributed by atoms with Crippen LogP contribution in [0.4, 0.5) is 5.69 Å². The van der Waals surface area contributed by atoms with Crippen molar-refractivity contribution in [3.05, 3.63) is 80.3 Å². The Labute approximate surface area is 180 Å². The molecular formula is C19H14Cl2N4O5. The Hall–Kier alpha value is -3.43. The molecule has 30 heavy (non-hydrogen) atoms. The van der Waals surface area contributed by atoms with Crippen LogP contribution in [0.5, 0.6) is 0 Å². The highest BCUT2D eigenvalue weighted by molar-refractivity contribution is 6.36. The van der Waals surface area contributed by atoms with Crippen LogP contribution in [0.15, 0.2) is 53.1 Å². The first-order valence-corrected chi connectivity index (χ1v) is 9.33. The molecule has 1 heterocycles. The molecule has 0 bridgehead atoms. The van der Waals surface area contributed by atoms with E-state index >= 15 is 0 Å². The van der Waals surface area contributed by atoms with E-state index < -0.39 is 16.7 Å². The number of hydrogen-bond acceptors (Lipinski definition) is 6. The summed E-state index contributed by atoms with van der Waals surface area (Å²) < 4.78 is 5.60. The number of hydrogen-bond donors (Lipinski definition) is 2. The summed E-state index contributed by atoms with van der Waals surface area (Å²) in [6.07, 6.45) is 1.67. The van der Waals surface area contributed by atoms with Crippen molar-refractivity contribution in [2.75, 3.05) is 0 Å². The molecule has 11 heteroatoms. The minimum atomic E-state index is -0.678. The average Bonchev–Trinajstić information content (AvgIpc) is 3.19. The van der Waals surface area contributed by atoms with Gasteiger partial charge >= 0.3 is 0 Å². The Morgan fingerprint density at radius 1 is 1.13 bits per heavy atom. The normalized spacial score (nSPS) is 10.5. The maximum Gasteiger partial charge on any atom is 0.270 e. The first kappa shape index (κ1) is 21.3. The number of nitro groups is 1. The van der Waals surface area contributed by atoms with Crippen LogP contribution >= 0.6 is 23.2 Å². The first-order chi connectivity index (χ1) is 14.3. The number of nitrogens with one attached hydrogen (secondary N) is 2. The van der Waals surface area contributed by atoms with Gasteiger partial charge in [0.1, 0.15) is 0 Å². The standard InChI is InChI=1S/C19H14Cl2N4O5/c20-12-4-5-14(15(21)9-12)16-10-22-18(30-16)7-6-17(26)23-24-19(27)11-2-1-3-13(8-11)25(28)29/h1-5,8-10H,6-7H2,(H,23,26)(H,24,27). The van der Waals surface area contributed by atoms with Gasteiger partial charge in [-0.3, -0.25) is 30.6 Å². The van der Waals surface area contributed by atoms with E-state index in [1.54, 1.807) is 18.2 Å². The van der Waals surface area contributed by atoms with Crippen molar-refractivity contribution in [3.63, 3.8) is 0 Å². The molecule has 0 aliphatic heterocycles. The maximum absolute atomic E-state index is 12.0. The Morgan fingerprint density at radius 3 is 2.67 bits per heavy atom. The van der Waals surface area contributed by atoms with Crippen molar-refractivity contribution in [1.29, 1.82) is 0 Å². The second kappa shape index (κ2) is 9.38. The minimum Gasteiger partial charge on any atom is -0.441 e. The molecule has 0 unspecified atom stereocenters. The van der Waals surface area contributed by atoms with Gasteiger partial charge < -0.3 is 4.42 Å². The zero-order chi connectivity index (χ0) is 21.7. The number of amides is 2. The third-order valence-corrected chi connectivity index (χ3v) is 4.50. The van der Waals surface area contributed by atoms with Crippen LogP contribution in [0.1, 0.15) is 22.7 Å². The number of carbonyl (C=O) groups is 2. The Kier molecular flexibility index (Phi) is 6.65. The quantitative estimate of drug-likeness (QED) is 0.433. The van der Waals surface area contributed by atoms with Gasteiger partial charge in [0.15, 0.2) is 11.7 Å². The molecule has 1 aromatic heterocycles. The summed E-state index contributed by atoms with van der Waals surface area (Å²) in [4.78, 5) is 38.2. The summed E-state index contributed by atoms with van der Waals surface area (Å²) in [6.45, 7) is 0. The molecule has 154 valence electrons. The Balaban J connectivity index is 1.51. The summed E-state index contributed by atoms with van der Waals surface area (Å²) in [5, 5.41) is 11.7. The Bertz CT molecular complexity index is 1120. The zero-order valence-corrected chi connectivity index (χ0v) is 16.7. The van der Waals surface area contributed by atoms with Crippen LogP contribution in [-0.2, 0) is 11.2 Å². The van der Waals surface area contributed by atoms with E-state index in [2.05, 4.69) is 15.8 Å². The van der Waals surface area contributed by atoms with Crippen LogP contribution < -0.4 is 10.9 Å². The van der Waals surface area contributed by atoms with E-state index in [1.807, 2.05) is 0 Å². The molecule has 3 aromatic rings. The number of oxazole rings is 1. The number of nitro benzene ring substituents is 1. The summed E-state index contributed by atoms with van der Waals surface area (Å²) in [6, 6.07) is 10.1. The van der Waals surface area contributed by atoms with Crippen molar-refractivity contribution in [2.45, 2.75) is 12.8 Å². The van der Waals surface area contributed by atoms with Gasteiger partial charge in [0.25, 0.3) is 11.6 Å². The lowest BCUT2D eigenvalue weighted by Gasteiger charge is -2.06. The molecule has 3 rings (SSSR count). The summed E-state index contributed by atoms with van der Waals surface area (Å²) in [7, 11) is 0. The third kappa shape index (κ3) is 5.34. The van der Waals surface area contributed by atoms with E-state index in [1.165, 1.54) is 24.4 Å². The second-order valence-electron chi connectivity index (χ2n) is 6.05. The van der Waals surface area contributed by atoms with E-state index in [9.17, 15) is 19.7 Å². The number of rotatable bonds is 6. The van der Waals surface area contributed by atoms with Gasteiger partial charge in [-0.2, -0.15) is 0 Å². The van der Waals surface area contributed by atoms with Gasteiger partial charge in [0.2, 0.25) is 5.91 Å². The van der Waals surface area contributed by atoms with Crippen LogP contribution in [0, 0.1) is 10.1 Å². The highest BCUT2D eigenvalue weighted by atomic mass is 35.5. The van der Waals surface area contributed by atoms with E-state index in [0.29, 0.717) is 27.3 Å². The molecule has 0 saturated carbocycles. The van der Waals surface area contributed by atoms with Crippen LogP contribution in [0.25, 0.3) is 11.3 Å². The average molecular weight is 449 g/mol. The predicted octanol–water partition coefficient (Wildman–Crippen LogP) is 3.95. The monoisotopic (exact) mass is 448 g/mol. The summed E-state index contributed by atoms with van der Waals surface area (Å²) in [5.41, 5.74) is 4.88. The molecule has 0 radical (unpaired) electrons. The molecule has 0 aliphatic rings. The number of aryl methyl sites for hydroxylation is 1. The number of benzene rings is 2. The van der Waals surface area contributed by atoms with Crippen LogP contribution in [0.2, 0.25) is 10.0 Å². The molecule has 0 saturated heterocycles. The zero-order valence-electron chi connectivity index (χ0n) is 15.2. The molecular weight excluding hydrogens is 435 g/mol. The number of nitrogens with zero attached hydrogens (tertiary/aromatic N) is 2. The van der Waals surface area contributed by atoms with Crippen molar-refractivity contribution in [3.8, 4) is 11.3 Å². The molecule has 0 atom stereocenters. The Morgan fingerprint density at radius 2 is 1.93 bits per heavy atom. The fraction of sp³-hybridized carbons (Fsp3) is 0.105. The smallest absolute Gasteiger partial charge is 0.270 e. The molecule has 0 spiro atoms. The van der Waals surface area contributed by atoms with Crippen LogP contribution in [-0.4, -0.2) is 21.7 Å². The number of halogens is 2. The summed E-state index contributed by atoms with van der Waals surface area (Å²) >= 11 is 12.0. The SMILES string of the molecule is O=C(CCc1ncc(-c2ccc(Cl)cc2Cl)o1)NNC(=O)c1cccc([N+](=O)[O-])c1. The van der Waals surface area contributed by atoms with Crippen molar-refractivity contribution in [1.82, 2.24) is 15.8 Å². The van der Waals surface area contributed by atoms with Crippen LogP contribution in [0.3, 0.4) is 0 Å². The largest absolute Gasteiger partial charge is 0.441 e. The first-order valence-electron chi connectivity index (χ1n) is 8.57. The maximum atomic E-state index is 12.0. The molecule has 9 nitrogen and oxygen atoms in total. The van der Waals surface area contributed by atoms with Gasteiger partial charge in [-0.05, 0) is 24.3 Å². The van der Waals surface area contributed by atoms with Gasteiger partial charge in [-0.25, -0.2) is 4.98 Å². The molecule has 0 aliphatic carbocycles. The van der Waals surface area contributed by atoms with E-state index in [-0.39, 0.29) is 24.1 Å². The van der Waals surface area contributed by atoms with E-state index in [0.717, 1.165) is 6.07 Å².